The molecule has 44 heavy (non-hydrogen) atoms. The Morgan fingerprint density at radius 3 is 2.25 bits per heavy atom. The van der Waals surface area contributed by atoms with Crippen molar-refractivity contribution in [2.45, 2.75) is 51.4 Å². The third kappa shape index (κ3) is 5.73. The molecule has 0 amide bonds. The lowest BCUT2D eigenvalue weighted by molar-refractivity contribution is -0.192. The molecule has 6 rings (SSSR count). The van der Waals surface area contributed by atoms with E-state index in [2.05, 4.69) is 33.5 Å². The summed E-state index contributed by atoms with van der Waals surface area (Å²) in [7, 11) is 1.87. The molecule has 2 N–H and O–H groups in total. The summed E-state index contributed by atoms with van der Waals surface area (Å²) < 4.78 is 66.0. The second-order valence-electron chi connectivity index (χ2n) is 10.7. The zero-order valence-electron chi connectivity index (χ0n) is 24.2. The Morgan fingerprint density at radius 2 is 1.64 bits per heavy atom. The maximum atomic E-state index is 14.5. The zero-order chi connectivity index (χ0) is 31.9. The summed E-state index contributed by atoms with van der Waals surface area (Å²) in [6, 6.07) is 10.0. The quantitative estimate of drug-likeness (QED) is 0.227. The number of aromatic amines is 1. The minimum atomic E-state index is -5.08. The highest BCUT2D eigenvalue weighted by molar-refractivity contribution is 5.96. The van der Waals surface area contributed by atoms with E-state index in [0.29, 0.717) is 33.9 Å². The molecule has 3 aromatic heterocycles. The molecule has 0 unspecified atom stereocenters. The molecule has 1 fully saturated rings. The molecule has 5 aromatic rings. The largest absolute Gasteiger partial charge is 0.490 e. The SMILES string of the molecule is CCN(CC)[C@H]1CC[C@H](n2cc(-n3c(-c4cn(C)c5ccc(F)cc45)n[nH]c3=O)c3cc(F)ccc32)C1.O=C(O)C(F)(F)F. The molecule has 9 nitrogen and oxygen atoms in total. The van der Waals surface area contributed by atoms with E-state index < -0.39 is 17.8 Å². The zero-order valence-corrected chi connectivity index (χ0v) is 24.2. The average molecular weight is 619 g/mol. The van der Waals surface area contributed by atoms with Gasteiger partial charge in [0.2, 0.25) is 0 Å². The summed E-state index contributed by atoms with van der Waals surface area (Å²) >= 11 is 0. The number of nitrogens with one attached hydrogen (secondary N) is 1. The molecule has 14 heteroatoms. The first-order chi connectivity index (χ1) is 20.8. The van der Waals surface area contributed by atoms with Gasteiger partial charge in [0.25, 0.3) is 0 Å². The number of H-pyrrole nitrogens is 1. The predicted molar refractivity (Wildman–Crippen MR) is 155 cm³/mol. The predicted octanol–water partition coefficient (Wildman–Crippen LogP) is 6.02. The lowest BCUT2D eigenvalue weighted by atomic mass is 10.1. The van der Waals surface area contributed by atoms with Gasteiger partial charge in [-0.15, -0.1) is 0 Å². The van der Waals surface area contributed by atoms with Crippen molar-refractivity contribution in [1.82, 2.24) is 28.8 Å². The highest BCUT2D eigenvalue weighted by Crippen LogP contribution is 2.39. The normalized spacial score (nSPS) is 17.0. The molecular weight excluding hydrogens is 587 g/mol. The molecule has 234 valence electrons. The number of hydrogen-bond acceptors (Lipinski definition) is 4. The monoisotopic (exact) mass is 618 g/mol. The van der Waals surface area contributed by atoms with E-state index in [1.54, 1.807) is 12.1 Å². The van der Waals surface area contributed by atoms with Gasteiger partial charge in [0, 0.05) is 53.4 Å². The van der Waals surface area contributed by atoms with E-state index in [1.807, 2.05) is 24.0 Å². The summed E-state index contributed by atoms with van der Waals surface area (Å²) in [5.74, 6) is -3.14. The molecule has 0 saturated heterocycles. The van der Waals surface area contributed by atoms with Gasteiger partial charge in [-0.25, -0.2) is 28.0 Å². The fourth-order valence-electron chi connectivity index (χ4n) is 6.19. The minimum Gasteiger partial charge on any atom is -0.475 e. The Labute approximate surface area is 248 Å². The third-order valence-corrected chi connectivity index (χ3v) is 8.22. The molecular formula is C30H31F5N6O3. The van der Waals surface area contributed by atoms with E-state index in [4.69, 9.17) is 9.90 Å². The number of rotatable bonds is 6. The Bertz CT molecular complexity index is 1880. The maximum absolute atomic E-state index is 14.5. The van der Waals surface area contributed by atoms with Crippen molar-refractivity contribution in [2.75, 3.05) is 13.1 Å². The minimum absolute atomic E-state index is 0.241. The van der Waals surface area contributed by atoms with Crippen LogP contribution in [-0.2, 0) is 11.8 Å². The Kier molecular flexibility index (Phi) is 8.38. The fraction of sp³-hybridized carbons (Fsp3) is 0.367. The smallest absolute Gasteiger partial charge is 0.475 e. The van der Waals surface area contributed by atoms with Crippen LogP contribution in [0.5, 0.6) is 0 Å². The van der Waals surface area contributed by atoms with Crippen molar-refractivity contribution < 1.29 is 31.9 Å². The number of fused-ring (bicyclic) bond motifs is 2. The van der Waals surface area contributed by atoms with Gasteiger partial charge < -0.3 is 19.1 Å². The number of aromatic nitrogens is 5. The van der Waals surface area contributed by atoms with Crippen molar-refractivity contribution in [3.05, 3.63) is 70.9 Å². The van der Waals surface area contributed by atoms with Gasteiger partial charge >= 0.3 is 17.8 Å². The highest BCUT2D eigenvalue weighted by Gasteiger charge is 2.38. The molecule has 2 atom stereocenters. The van der Waals surface area contributed by atoms with E-state index in [9.17, 15) is 26.7 Å². The van der Waals surface area contributed by atoms with E-state index in [-0.39, 0.29) is 17.7 Å². The number of benzene rings is 2. The van der Waals surface area contributed by atoms with Gasteiger partial charge in [-0.05, 0) is 68.8 Å². The standard InChI is InChI=1S/C28H30F2N6O.C2HF3O2/c1-4-34(5-2)19-8-9-20(14-19)35-16-26(22-13-18(30)7-11-25(22)35)36-27(31-32-28(36)37)23-15-33(3)24-10-6-17(29)12-21(23)24;3-2(4,5)1(6)7/h6-7,10-13,15-16,19-20H,4-5,8-9,14H2,1-3H3,(H,32,37);(H,6,7)/t19-,20-;/m0./s1. The highest BCUT2D eigenvalue weighted by atomic mass is 19.4. The average Bonchev–Trinajstić information content (AvgIpc) is 3.74. The van der Waals surface area contributed by atoms with Gasteiger partial charge in [0.1, 0.15) is 11.6 Å². The molecule has 0 bridgehead atoms. The number of alkyl halides is 3. The van der Waals surface area contributed by atoms with E-state index in [0.717, 1.165) is 43.4 Å². The van der Waals surface area contributed by atoms with Crippen LogP contribution < -0.4 is 5.69 Å². The first kappa shape index (κ1) is 31.0. The molecule has 1 aliphatic rings. The number of nitrogens with zero attached hydrogens (tertiary/aromatic N) is 5. The molecule has 0 aliphatic heterocycles. The fourth-order valence-corrected chi connectivity index (χ4v) is 6.19. The Balaban J connectivity index is 0.000000493. The molecule has 1 saturated carbocycles. The first-order valence-electron chi connectivity index (χ1n) is 14.1. The molecule has 3 heterocycles. The molecule has 2 aromatic carbocycles. The number of hydrogen-bond donors (Lipinski definition) is 2. The van der Waals surface area contributed by atoms with Crippen molar-refractivity contribution in [1.29, 1.82) is 0 Å². The van der Waals surface area contributed by atoms with Crippen LogP contribution in [0.25, 0.3) is 38.9 Å². The summed E-state index contributed by atoms with van der Waals surface area (Å²) in [5, 5.41) is 15.3. The summed E-state index contributed by atoms with van der Waals surface area (Å²) in [4.78, 5) is 24.5. The number of carboxylic acids is 1. The van der Waals surface area contributed by atoms with Gasteiger partial charge in [0.15, 0.2) is 5.82 Å². The topological polar surface area (TPSA) is 101 Å². The lowest BCUT2D eigenvalue weighted by Crippen LogP contribution is -2.33. The molecule has 1 aliphatic carbocycles. The Hall–Kier alpha value is -4.46. The molecule has 0 radical (unpaired) electrons. The summed E-state index contributed by atoms with van der Waals surface area (Å²) in [5.41, 5.74) is 2.45. The summed E-state index contributed by atoms with van der Waals surface area (Å²) in [6.07, 6.45) is 1.81. The van der Waals surface area contributed by atoms with Crippen LogP contribution in [0.3, 0.4) is 0 Å². The lowest BCUT2D eigenvalue weighted by Gasteiger charge is -2.26. The van der Waals surface area contributed by atoms with Crippen LogP contribution in [-0.4, -0.2) is 65.2 Å². The van der Waals surface area contributed by atoms with Crippen LogP contribution in [0.4, 0.5) is 22.0 Å². The summed E-state index contributed by atoms with van der Waals surface area (Å²) in [6.45, 7) is 6.40. The van der Waals surface area contributed by atoms with Crippen LogP contribution in [0.2, 0.25) is 0 Å². The first-order valence-corrected chi connectivity index (χ1v) is 14.1. The second kappa shape index (κ2) is 11.9. The van der Waals surface area contributed by atoms with Crippen molar-refractivity contribution >= 4 is 27.8 Å². The number of carboxylic acid groups (broad SMARTS) is 1. The van der Waals surface area contributed by atoms with Crippen LogP contribution >= 0.6 is 0 Å². The van der Waals surface area contributed by atoms with Gasteiger partial charge in [-0.1, -0.05) is 13.8 Å². The number of aryl methyl sites for hydroxylation is 1. The van der Waals surface area contributed by atoms with Crippen LogP contribution in [0.15, 0.2) is 53.6 Å². The maximum Gasteiger partial charge on any atom is 0.490 e. The number of aliphatic carboxylic acids is 1. The number of carbonyl (C=O) groups is 1. The van der Waals surface area contributed by atoms with Crippen molar-refractivity contribution in [3.8, 4) is 17.1 Å². The van der Waals surface area contributed by atoms with Gasteiger partial charge in [-0.3, -0.25) is 0 Å². The van der Waals surface area contributed by atoms with Crippen LogP contribution in [0.1, 0.15) is 39.2 Å². The number of halogens is 5. The van der Waals surface area contributed by atoms with Gasteiger partial charge in [-0.2, -0.15) is 18.3 Å². The second-order valence-corrected chi connectivity index (χ2v) is 10.7. The van der Waals surface area contributed by atoms with E-state index in [1.165, 1.54) is 28.8 Å². The van der Waals surface area contributed by atoms with Crippen LogP contribution in [0, 0.1) is 11.6 Å². The van der Waals surface area contributed by atoms with E-state index >= 15 is 0 Å². The Morgan fingerprint density at radius 1 is 1.02 bits per heavy atom. The van der Waals surface area contributed by atoms with Crippen molar-refractivity contribution in [2.24, 2.45) is 7.05 Å². The van der Waals surface area contributed by atoms with Gasteiger partial charge in [0.05, 0.1) is 11.2 Å². The molecule has 0 spiro atoms. The third-order valence-electron chi connectivity index (χ3n) is 8.22. The van der Waals surface area contributed by atoms with Crippen molar-refractivity contribution in [3.63, 3.8) is 0 Å².